The Labute approximate surface area is 253 Å². The van der Waals surface area contributed by atoms with Crippen LogP contribution in [0.1, 0.15) is 33.6 Å². The molecule has 2 heterocycles. The van der Waals surface area contributed by atoms with Gasteiger partial charge in [-0.3, -0.25) is 4.79 Å². The van der Waals surface area contributed by atoms with Crippen molar-refractivity contribution in [2.75, 3.05) is 31.5 Å². The maximum Gasteiger partial charge on any atom is 0.335 e. The lowest BCUT2D eigenvalue weighted by atomic mass is 10.00. The second-order valence-corrected chi connectivity index (χ2v) is 10.9. The van der Waals surface area contributed by atoms with E-state index in [2.05, 4.69) is 16.0 Å². The number of halogens is 2. The summed E-state index contributed by atoms with van der Waals surface area (Å²) in [6, 6.07) is 20.2. The minimum absolute atomic E-state index is 0.0349. The molecular weight excluding hydrogens is 568 g/mol. The van der Waals surface area contributed by atoms with E-state index in [0.29, 0.717) is 52.5 Å². The van der Waals surface area contributed by atoms with Crippen molar-refractivity contribution < 1.29 is 33.0 Å². The molecule has 0 radical (unpaired) electrons. The van der Waals surface area contributed by atoms with Gasteiger partial charge in [0.1, 0.15) is 23.7 Å². The third-order valence-corrected chi connectivity index (χ3v) is 7.75. The van der Waals surface area contributed by atoms with Gasteiger partial charge in [0.25, 0.3) is 5.91 Å². The number of hydrogen-bond acceptors (Lipinski definition) is 6. The standard InChI is InChI=1S/C34H31F2N3O5/c35-29-7-4-21(16-30(29)36)27-15-22(5-8-31(27)43-25-10-12-37-18-25)33(40)39-24-6-9-32(44-26-11-13-38-19-26)28(17-24)20-2-1-3-23(14-20)34(41)42/h1-9,14-17,25-26,37-38H,10-13,18-19H2,(H,39,40)(H,41,42). The van der Waals surface area contributed by atoms with Crippen molar-refractivity contribution in [2.24, 2.45) is 0 Å². The normalized spacial score (nSPS) is 17.8. The lowest BCUT2D eigenvalue weighted by molar-refractivity contribution is 0.0696. The van der Waals surface area contributed by atoms with Gasteiger partial charge in [0.05, 0.1) is 5.56 Å². The maximum absolute atomic E-state index is 14.2. The summed E-state index contributed by atoms with van der Waals surface area (Å²) in [5.74, 6) is -2.41. The first kappa shape index (κ1) is 29.3. The Bertz CT molecular complexity index is 1700. The van der Waals surface area contributed by atoms with Gasteiger partial charge in [-0.1, -0.05) is 18.2 Å². The van der Waals surface area contributed by atoms with Gasteiger partial charge in [-0.25, -0.2) is 13.6 Å². The van der Waals surface area contributed by atoms with Crippen LogP contribution >= 0.6 is 0 Å². The van der Waals surface area contributed by atoms with Gasteiger partial charge in [0.2, 0.25) is 0 Å². The first-order chi connectivity index (χ1) is 21.3. The van der Waals surface area contributed by atoms with Gasteiger partial charge in [-0.05, 0) is 97.7 Å². The molecule has 10 heteroatoms. The first-order valence-corrected chi connectivity index (χ1v) is 14.5. The fourth-order valence-electron chi connectivity index (χ4n) is 5.44. The second kappa shape index (κ2) is 12.8. The van der Waals surface area contributed by atoms with Crippen molar-refractivity contribution >= 4 is 17.6 Å². The first-order valence-electron chi connectivity index (χ1n) is 14.5. The lowest BCUT2D eigenvalue weighted by Crippen LogP contribution is -2.20. The predicted molar refractivity (Wildman–Crippen MR) is 162 cm³/mol. The van der Waals surface area contributed by atoms with Crippen LogP contribution in [0.5, 0.6) is 11.5 Å². The molecule has 226 valence electrons. The number of nitrogens with one attached hydrogen (secondary N) is 3. The fourth-order valence-corrected chi connectivity index (χ4v) is 5.44. The smallest absolute Gasteiger partial charge is 0.335 e. The minimum Gasteiger partial charge on any atom is -0.488 e. The highest BCUT2D eigenvalue weighted by Crippen LogP contribution is 2.36. The van der Waals surface area contributed by atoms with Crippen molar-refractivity contribution in [1.29, 1.82) is 0 Å². The number of ether oxygens (including phenoxy) is 2. The van der Waals surface area contributed by atoms with Crippen molar-refractivity contribution in [1.82, 2.24) is 10.6 Å². The molecule has 0 aliphatic carbocycles. The van der Waals surface area contributed by atoms with E-state index in [0.717, 1.165) is 38.1 Å². The molecule has 0 saturated carbocycles. The molecule has 6 rings (SSSR count). The van der Waals surface area contributed by atoms with E-state index < -0.39 is 23.5 Å². The number of anilines is 1. The Morgan fingerprint density at radius 2 is 1.39 bits per heavy atom. The zero-order valence-corrected chi connectivity index (χ0v) is 23.7. The average Bonchev–Trinajstić information content (AvgIpc) is 3.74. The number of hydrogen-bond donors (Lipinski definition) is 4. The van der Waals surface area contributed by atoms with E-state index >= 15 is 0 Å². The Hall–Kier alpha value is -4.80. The molecule has 2 aliphatic heterocycles. The van der Waals surface area contributed by atoms with Crippen molar-refractivity contribution in [2.45, 2.75) is 25.0 Å². The highest BCUT2D eigenvalue weighted by molar-refractivity contribution is 6.05. The van der Waals surface area contributed by atoms with Crippen LogP contribution in [0.15, 0.2) is 78.9 Å². The minimum atomic E-state index is -1.05. The Morgan fingerprint density at radius 3 is 2.02 bits per heavy atom. The molecular formula is C34H31F2N3O5. The molecule has 2 unspecified atom stereocenters. The van der Waals surface area contributed by atoms with E-state index in [1.54, 1.807) is 54.6 Å². The number of carbonyl (C=O) groups excluding carboxylic acids is 1. The zero-order valence-electron chi connectivity index (χ0n) is 23.7. The van der Waals surface area contributed by atoms with E-state index in [4.69, 9.17) is 9.47 Å². The van der Waals surface area contributed by atoms with Crippen LogP contribution < -0.4 is 25.4 Å². The third kappa shape index (κ3) is 6.56. The summed E-state index contributed by atoms with van der Waals surface area (Å²) in [7, 11) is 0. The number of rotatable bonds is 9. The van der Waals surface area contributed by atoms with Crippen LogP contribution in [0, 0.1) is 11.6 Å². The topological polar surface area (TPSA) is 109 Å². The predicted octanol–water partition coefficient (Wildman–Crippen LogP) is 5.73. The van der Waals surface area contributed by atoms with Crippen molar-refractivity contribution in [3.8, 4) is 33.8 Å². The molecule has 2 atom stereocenters. The summed E-state index contributed by atoms with van der Waals surface area (Å²) in [5.41, 5.74) is 2.99. The Kier molecular flexibility index (Phi) is 8.53. The highest BCUT2D eigenvalue weighted by Gasteiger charge is 2.22. The van der Waals surface area contributed by atoms with Gasteiger partial charge >= 0.3 is 5.97 Å². The van der Waals surface area contributed by atoms with Crippen molar-refractivity contribution in [3.05, 3.63) is 102 Å². The van der Waals surface area contributed by atoms with Gasteiger partial charge in [0.15, 0.2) is 11.6 Å². The summed E-state index contributed by atoms with van der Waals surface area (Å²) in [6.07, 6.45) is 1.52. The van der Waals surface area contributed by atoms with Gasteiger partial charge in [0, 0.05) is 35.5 Å². The lowest BCUT2D eigenvalue weighted by Gasteiger charge is -2.19. The Morgan fingerprint density at radius 1 is 0.727 bits per heavy atom. The zero-order chi connectivity index (χ0) is 30.6. The van der Waals surface area contributed by atoms with Crippen LogP contribution in [-0.4, -0.2) is 55.4 Å². The molecule has 1 amide bonds. The molecule has 4 N–H and O–H groups in total. The number of carboxylic acids is 1. The fraction of sp³-hybridized carbons (Fsp3) is 0.235. The molecule has 4 aromatic rings. The summed E-state index contributed by atoms with van der Waals surface area (Å²) in [4.78, 5) is 25.2. The summed E-state index contributed by atoms with van der Waals surface area (Å²) < 4.78 is 40.4. The molecule has 0 bridgehead atoms. The van der Waals surface area contributed by atoms with Crippen LogP contribution in [0.4, 0.5) is 14.5 Å². The second-order valence-electron chi connectivity index (χ2n) is 10.9. The van der Waals surface area contributed by atoms with Gasteiger partial charge < -0.3 is 30.5 Å². The average molecular weight is 600 g/mol. The molecule has 2 saturated heterocycles. The number of carboxylic acid groups (broad SMARTS) is 1. The third-order valence-electron chi connectivity index (χ3n) is 7.75. The Balaban J connectivity index is 1.32. The van der Waals surface area contributed by atoms with Crippen LogP contribution in [0.25, 0.3) is 22.3 Å². The maximum atomic E-state index is 14.2. The van der Waals surface area contributed by atoms with Crippen LogP contribution in [0.3, 0.4) is 0 Å². The molecule has 44 heavy (non-hydrogen) atoms. The summed E-state index contributed by atoms with van der Waals surface area (Å²) >= 11 is 0. The van der Waals surface area contributed by atoms with E-state index in [9.17, 15) is 23.5 Å². The summed E-state index contributed by atoms with van der Waals surface area (Å²) in [5, 5.41) is 19.0. The molecule has 4 aromatic carbocycles. The molecule has 8 nitrogen and oxygen atoms in total. The molecule has 2 aliphatic rings. The van der Waals surface area contributed by atoms with Crippen LogP contribution in [0.2, 0.25) is 0 Å². The monoisotopic (exact) mass is 599 g/mol. The van der Waals surface area contributed by atoms with Gasteiger partial charge in [-0.2, -0.15) is 0 Å². The number of aromatic carboxylic acids is 1. The number of carbonyl (C=O) groups is 2. The number of amides is 1. The SMILES string of the molecule is O=C(O)c1cccc(-c2cc(NC(=O)c3ccc(OC4CCNC4)c(-c4ccc(F)c(F)c4)c3)ccc2OC2CCNC2)c1. The summed E-state index contributed by atoms with van der Waals surface area (Å²) in [6.45, 7) is 3.02. The van der Waals surface area contributed by atoms with E-state index in [1.807, 2.05) is 0 Å². The number of benzene rings is 4. The highest BCUT2D eigenvalue weighted by atomic mass is 19.2. The molecule has 0 spiro atoms. The quantitative estimate of drug-likeness (QED) is 0.195. The molecule has 0 aromatic heterocycles. The van der Waals surface area contributed by atoms with Gasteiger partial charge in [-0.15, -0.1) is 0 Å². The largest absolute Gasteiger partial charge is 0.488 e. The molecule has 2 fully saturated rings. The van der Waals surface area contributed by atoms with E-state index in [-0.39, 0.29) is 23.3 Å². The van der Waals surface area contributed by atoms with E-state index in [1.165, 1.54) is 12.1 Å². The van der Waals surface area contributed by atoms with Crippen molar-refractivity contribution in [3.63, 3.8) is 0 Å². The van der Waals surface area contributed by atoms with Crippen LogP contribution in [-0.2, 0) is 0 Å².